The van der Waals surface area contributed by atoms with Crippen LogP contribution in [0, 0.1) is 10.1 Å². The number of nitrogens with zero attached hydrogens (tertiary/aromatic N) is 5. The normalized spacial score (nSPS) is 14.7. The van der Waals surface area contributed by atoms with Gasteiger partial charge in [0.15, 0.2) is 4.84 Å². The topological polar surface area (TPSA) is 269 Å². The van der Waals surface area contributed by atoms with Crippen LogP contribution in [0.3, 0.4) is 0 Å². The van der Waals surface area contributed by atoms with Gasteiger partial charge in [-0.2, -0.15) is 18.3 Å². The Kier molecular flexibility index (Phi) is 27.2. The maximum absolute atomic E-state index is 12.6. The number of amides is 2. The van der Waals surface area contributed by atoms with Crippen LogP contribution in [0.2, 0.25) is 10.0 Å². The molecule has 2 atom stereocenters. The van der Waals surface area contributed by atoms with E-state index in [1.807, 2.05) is 29.6 Å². The largest absolute Gasteiger partial charge is 0.778 e. The van der Waals surface area contributed by atoms with Gasteiger partial charge in [0.2, 0.25) is 11.7 Å². The van der Waals surface area contributed by atoms with Gasteiger partial charge in [-0.1, -0.05) is 78.5 Å². The van der Waals surface area contributed by atoms with Crippen molar-refractivity contribution >= 4 is 111 Å². The van der Waals surface area contributed by atoms with Crippen molar-refractivity contribution in [2.45, 2.75) is 63.4 Å². The summed E-state index contributed by atoms with van der Waals surface area (Å²) >= 11 is 28.4. The minimum atomic E-state index is -4.63. The van der Waals surface area contributed by atoms with Crippen LogP contribution in [-0.4, -0.2) is 116 Å². The lowest BCUT2D eigenvalue weighted by Gasteiger charge is -2.29. The number of hydrogen-bond donors (Lipinski definition) is 4. The van der Waals surface area contributed by atoms with Gasteiger partial charge in [0, 0.05) is 7.11 Å². The third-order valence-corrected chi connectivity index (χ3v) is 10.6. The lowest BCUT2D eigenvalue weighted by atomic mass is 10.0. The van der Waals surface area contributed by atoms with Crippen molar-refractivity contribution in [2.24, 2.45) is 0 Å². The Morgan fingerprint density at radius 1 is 1.11 bits per heavy atom. The van der Waals surface area contributed by atoms with Crippen LogP contribution in [-0.2, 0) is 58.3 Å². The SMILES string of the molecule is CC1(C)OC(c2ccco2)CN1C(=O)C(Cl)Cl.CCc1cccc(CC)c1N(COC)C(=O)CCl.C[S+](C)C.Nc1c([N+](=O)[O-])cnn1-c1c(Cl)cc(C(F)(F)F)cc1Cl.O=C(O)CNCP(=O)([O-])O. The van der Waals surface area contributed by atoms with Gasteiger partial charge in [-0.3, -0.25) is 34.7 Å². The number of aryl methyl sites for hydroxylation is 2. The zero-order valence-electron chi connectivity index (χ0n) is 39.0. The van der Waals surface area contributed by atoms with E-state index in [1.165, 1.54) is 4.90 Å². The van der Waals surface area contributed by atoms with Crippen molar-refractivity contribution in [1.29, 1.82) is 0 Å². The number of methoxy groups -OCH3 is 1. The molecule has 1 aliphatic rings. The minimum Gasteiger partial charge on any atom is -0.778 e. The number of nitro groups is 1. The predicted molar refractivity (Wildman–Crippen MR) is 264 cm³/mol. The first kappa shape index (κ1) is 64.2. The summed E-state index contributed by atoms with van der Waals surface area (Å²) in [5, 5.41) is 23.5. The molecule has 2 aromatic carbocycles. The molecule has 3 heterocycles. The predicted octanol–water partition coefficient (Wildman–Crippen LogP) is 8.05. The second-order valence-corrected chi connectivity index (χ2v) is 21.3. The van der Waals surface area contributed by atoms with Gasteiger partial charge in [0.1, 0.15) is 49.7 Å². The number of carboxylic acids is 1. The summed E-state index contributed by atoms with van der Waals surface area (Å²) in [6.07, 6.45) is 5.13. The molecular weight excluding hydrogens is 1080 g/mol. The van der Waals surface area contributed by atoms with Crippen LogP contribution >= 0.6 is 65.6 Å². The first-order valence-electron chi connectivity index (χ1n) is 20.1. The number of para-hydroxylation sites is 1. The van der Waals surface area contributed by atoms with Gasteiger partial charge >= 0.3 is 17.8 Å². The molecule has 1 aliphatic heterocycles. The lowest BCUT2D eigenvalue weighted by Crippen LogP contribution is -2.45. The van der Waals surface area contributed by atoms with E-state index in [-0.39, 0.29) is 46.3 Å². The Morgan fingerprint density at radius 3 is 2.04 bits per heavy atom. The van der Waals surface area contributed by atoms with Crippen molar-refractivity contribution in [1.82, 2.24) is 20.0 Å². The van der Waals surface area contributed by atoms with Crippen molar-refractivity contribution in [3.05, 3.63) is 97.5 Å². The van der Waals surface area contributed by atoms with E-state index in [4.69, 9.17) is 87.6 Å². The van der Waals surface area contributed by atoms with Crippen molar-refractivity contribution in [2.75, 3.05) is 68.5 Å². The Hall–Kier alpha value is -3.84. The van der Waals surface area contributed by atoms with E-state index in [0.29, 0.717) is 35.3 Å². The molecule has 2 amide bonds. The molecule has 1 saturated heterocycles. The molecule has 2 aromatic heterocycles. The number of aromatic nitrogens is 2. The molecular formula is C41H54Cl5F3N7O12PS. The highest BCUT2D eigenvalue weighted by molar-refractivity contribution is 7.94. The molecule has 2 unspecified atom stereocenters. The molecule has 4 aromatic rings. The fraction of sp³-hybridized carbons (Fsp3) is 0.463. The Labute approximate surface area is 430 Å². The number of ether oxygens (including phenoxy) is 2. The van der Waals surface area contributed by atoms with Gasteiger partial charge in [0.25, 0.3) is 5.91 Å². The molecule has 5 N–H and O–H groups in total. The quantitative estimate of drug-likeness (QED) is 0.0232. The van der Waals surface area contributed by atoms with Gasteiger partial charge < -0.3 is 44.0 Å². The standard InChI is InChI=1S/C14H20ClNO2.C11H13Cl2NO3.C10H5Cl2F3N4O2.C3H8NO5P.C3H9S/c1-4-11-7-6-8-12(5-2)14(11)16(10-18-3)13(17)9-15;1-11(2)14(10(15)9(12)13)6-8(17-11)7-4-3-5-16-7;11-5-1-4(10(13,14)15)2-6(12)8(5)18-9(16)7(3-17-18)19(20)21;5-3(6)1-4-2-10(7,8)9;1-4(2)3/h6-8H,4-5,9-10H2,1-3H3;3-5,8-9H,6H2,1-2H3;1-3H,16H2;4H,1-2H2,(H,5,6)(H2,7,8,9);1-3H3/q;;;;+1/p-1. The minimum absolute atomic E-state index is 0.0371. The molecule has 392 valence electrons. The number of benzene rings is 2. The van der Waals surface area contributed by atoms with Crippen LogP contribution < -0.4 is 20.8 Å². The highest BCUT2D eigenvalue weighted by Gasteiger charge is 2.45. The number of furan rings is 1. The number of hydrogen-bond acceptors (Lipinski definition) is 13. The monoisotopic (exact) mass is 1130 g/mol. The molecule has 0 radical (unpaired) electrons. The Bertz CT molecular complexity index is 2330. The molecule has 0 saturated carbocycles. The first-order chi connectivity index (χ1) is 32.4. The zero-order chi connectivity index (χ0) is 53.9. The molecule has 0 spiro atoms. The molecule has 70 heavy (non-hydrogen) atoms. The Balaban J connectivity index is 0.000000466. The summed E-state index contributed by atoms with van der Waals surface area (Å²) < 4.78 is 64.8. The van der Waals surface area contributed by atoms with Crippen LogP contribution in [0.1, 0.15) is 56.2 Å². The number of nitrogens with two attached hydrogens (primary N) is 1. The molecule has 0 aliphatic carbocycles. The van der Waals surface area contributed by atoms with E-state index in [0.717, 1.165) is 40.5 Å². The number of carbonyl (C=O) groups is 3. The van der Waals surface area contributed by atoms with Crippen molar-refractivity contribution < 1.29 is 65.8 Å². The fourth-order valence-corrected chi connectivity index (χ4v) is 7.28. The van der Waals surface area contributed by atoms with E-state index in [1.54, 1.807) is 38.2 Å². The van der Waals surface area contributed by atoms with Crippen molar-refractivity contribution in [3.8, 4) is 5.69 Å². The summed E-state index contributed by atoms with van der Waals surface area (Å²) in [5.41, 5.74) is 6.28. The summed E-state index contributed by atoms with van der Waals surface area (Å²) in [6, 6.07) is 11.0. The summed E-state index contributed by atoms with van der Waals surface area (Å²) in [7, 11) is -2.13. The highest BCUT2D eigenvalue weighted by atomic mass is 35.5. The van der Waals surface area contributed by atoms with Crippen LogP contribution in [0.4, 0.5) is 30.4 Å². The van der Waals surface area contributed by atoms with Crippen LogP contribution in [0.25, 0.3) is 5.69 Å². The van der Waals surface area contributed by atoms with Gasteiger partial charge in [-0.05, 0) is 73.0 Å². The number of anilines is 2. The summed E-state index contributed by atoms with van der Waals surface area (Å²) in [6.45, 7) is 7.88. The van der Waals surface area contributed by atoms with Crippen LogP contribution in [0.15, 0.2) is 59.3 Å². The average molecular weight is 1130 g/mol. The van der Waals surface area contributed by atoms with E-state index < -0.39 is 65.1 Å². The second-order valence-electron chi connectivity index (χ2n) is 15.0. The Morgan fingerprint density at radius 2 is 1.66 bits per heavy atom. The second kappa shape index (κ2) is 29.6. The summed E-state index contributed by atoms with van der Waals surface area (Å²) in [5.74, 6) is -1.41. The number of nitrogen functional groups attached to an aromatic ring is 1. The lowest BCUT2D eigenvalue weighted by molar-refractivity contribution is -0.383. The number of rotatable bonds is 14. The number of alkyl halides is 6. The maximum atomic E-state index is 12.6. The number of nitrogens with one attached hydrogen (secondary N) is 1. The fourth-order valence-electron chi connectivity index (χ4n) is 5.86. The summed E-state index contributed by atoms with van der Waals surface area (Å²) in [4.78, 5) is 63.5. The maximum Gasteiger partial charge on any atom is 0.416 e. The number of carbonyl (C=O) groups excluding carboxylic acids is 2. The number of aliphatic carboxylic acids is 1. The molecule has 1 fully saturated rings. The van der Waals surface area contributed by atoms with E-state index >= 15 is 0 Å². The third kappa shape index (κ3) is 20.7. The molecule has 19 nitrogen and oxygen atoms in total. The molecule has 29 heteroatoms. The van der Waals surface area contributed by atoms with Gasteiger partial charge in [-0.25, -0.2) is 4.68 Å². The smallest absolute Gasteiger partial charge is 0.416 e. The zero-order valence-corrected chi connectivity index (χ0v) is 44.5. The van der Waals surface area contributed by atoms with Gasteiger partial charge in [0.05, 0.1) is 70.6 Å². The third-order valence-electron chi connectivity index (χ3n) is 8.78. The average Bonchev–Trinajstić information content (AvgIpc) is 4.00. The molecule has 0 bridgehead atoms. The van der Waals surface area contributed by atoms with Crippen molar-refractivity contribution in [3.63, 3.8) is 0 Å². The highest BCUT2D eigenvalue weighted by Crippen LogP contribution is 2.40. The van der Waals surface area contributed by atoms with E-state index in [2.05, 4.69) is 37.7 Å². The van der Waals surface area contributed by atoms with Crippen LogP contribution in [0.5, 0.6) is 0 Å². The van der Waals surface area contributed by atoms with Gasteiger partial charge in [-0.15, -0.1) is 11.6 Å². The van der Waals surface area contributed by atoms with E-state index in [9.17, 15) is 47.1 Å². The molecule has 5 rings (SSSR count). The number of carboxylic acid groups (broad SMARTS) is 1. The first-order valence-corrected chi connectivity index (χ1v) is 26.5. The number of halogens is 8.